The van der Waals surface area contributed by atoms with Crippen LogP contribution in [0, 0.1) is 27.7 Å². The van der Waals surface area contributed by atoms with Crippen molar-refractivity contribution in [2.45, 2.75) is 97.8 Å². The van der Waals surface area contributed by atoms with Crippen molar-refractivity contribution in [2.24, 2.45) is 0 Å². The third-order valence-electron chi connectivity index (χ3n) is 20.9. The van der Waals surface area contributed by atoms with E-state index in [4.69, 9.17) is 92.3 Å². The minimum atomic E-state index is -1.28. The highest BCUT2D eigenvalue weighted by molar-refractivity contribution is 6.41. The number of aromatic amines is 2. The van der Waals surface area contributed by atoms with Crippen LogP contribution in [0.1, 0.15) is 102 Å². The average molecular weight is 2140 g/mol. The van der Waals surface area contributed by atoms with Crippen molar-refractivity contribution < 1.29 is 96.2 Å². The Morgan fingerprint density at radius 1 is 0.311 bits per heavy atom. The molecular formula is C103H99Cl6N19O20. The number of aliphatic carboxylic acids is 5. The van der Waals surface area contributed by atoms with Crippen molar-refractivity contribution in [3.8, 4) is 67.8 Å². The number of anilines is 5. The number of carbonyl (C=O) groups is 10. The first kappa shape index (κ1) is 112. The maximum absolute atomic E-state index is 12.9. The number of carboxylic acid groups (broad SMARTS) is 5. The summed E-state index contributed by atoms with van der Waals surface area (Å²) in [6.45, 7) is 14.3. The Hall–Kier alpha value is -16.9. The van der Waals surface area contributed by atoms with E-state index >= 15 is 0 Å². The van der Waals surface area contributed by atoms with Gasteiger partial charge in [0.15, 0.2) is 0 Å². The summed E-state index contributed by atoms with van der Waals surface area (Å²) in [6, 6.07) is 53.4. The fourth-order valence-corrected chi connectivity index (χ4v) is 15.6. The first-order valence-corrected chi connectivity index (χ1v) is 47.3. The van der Waals surface area contributed by atoms with Crippen molar-refractivity contribution >= 4 is 159 Å². The van der Waals surface area contributed by atoms with Crippen LogP contribution in [0.4, 0.5) is 29.9 Å². The molecule has 0 aliphatic rings. The number of benzene rings is 8. The molecule has 5 amide bonds. The summed E-state index contributed by atoms with van der Waals surface area (Å²) in [5.41, 5.74) is 11.5. The average Bonchev–Trinajstić information content (AvgIpc) is 0.983. The molecule has 0 unspecified atom stereocenters. The van der Waals surface area contributed by atoms with E-state index in [9.17, 15) is 73.5 Å². The molecule has 768 valence electrons. The van der Waals surface area contributed by atoms with E-state index in [1.54, 1.807) is 70.4 Å². The number of pyridine rings is 2. The summed E-state index contributed by atoms with van der Waals surface area (Å²) in [6.07, 6.45) is 12.7. The maximum Gasteiger partial charge on any atom is 0.328 e. The van der Waals surface area contributed by atoms with Crippen molar-refractivity contribution in [3.63, 3.8) is 0 Å². The highest BCUT2D eigenvalue weighted by atomic mass is 35.5. The second kappa shape index (κ2) is 54.2. The second-order valence-corrected chi connectivity index (χ2v) is 35.2. The van der Waals surface area contributed by atoms with Crippen LogP contribution in [0.25, 0.3) is 56.3 Å². The summed E-state index contributed by atoms with van der Waals surface area (Å²) in [5.74, 6) is -6.94. The third kappa shape index (κ3) is 32.6. The van der Waals surface area contributed by atoms with Crippen LogP contribution in [0.15, 0.2) is 263 Å². The standard InChI is InChI=1S/C24H28N4O4.C24H27N3O5.C19H15Cl2N3O4.C18H15Cl2N5O3.C18H14Cl2N4O4/c1-14(2)32-18-10-15(3)21(16(4)11-18)22(29)27-20(23(30)31)13-26-24-25-12-19(28-24)17-8-6-5-7-9-17;1-14(2)32-18-10-15(3)21(16(4)11-18)22(28)26-19(23(29)30)12-25-24-27-20(13-31-24)17-8-6-5-7-9-17;20-12-7-4-8-13(21)16(12)17(25)23-14(18(26)27)9-22-19-24-15(10-28-19)11-5-2-1-3-6-11;19-11-6-21-7-12(20)15(11)16(26)24-14(17(27)28)9-23-18-22-8-13(25-18)10-4-2-1-3-5-10;19-11-6-21-7-12(20)15(11)16(25)23-13(17(26)27)8-22-18-24-14(9-28-18)10-4-2-1-3-5-10/h5-12,14,20H,13H2,1-4H3,(H,27,29)(H,30,31)(H2,25,26,28);5-11,13-14,19H,12H2,1-4H3,(H,25,27)(H,26,28)(H,29,30);1-8,10,14H,9H2,(H,22,24)(H,23,25)(H,26,27);1-8,14H,9H2,(H,24,26)(H,27,28)(H2,22,23,25);1-7,9,13H,8H2,(H,22,24)(H,23,25)(H,26,27)/t20-;19-;2*14-;13-/m00000/s1. The Morgan fingerprint density at radius 3 is 0.797 bits per heavy atom. The number of nitrogens with one attached hydrogen (secondary N) is 12. The number of nitrogens with zero attached hydrogens (tertiary/aromatic N) is 7. The minimum absolute atomic E-state index is 0.00792. The number of H-pyrrole nitrogens is 2. The van der Waals surface area contributed by atoms with Crippen LogP contribution in [0.5, 0.6) is 11.5 Å². The van der Waals surface area contributed by atoms with Crippen LogP contribution in [0.2, 0.25) is 30.1 Å². The summed E-state index contributed by atoms with van der Waals surface area (Å²) in [5, 5.41) is 74.2. The Bertz CT molecular complexity index is 6440. The number of aryl methyl sites for hydroxylation is 4. The van der Waals surface area contributed by atoms with Gasteiger partial charge in [-0.15, -0.1) is 0 Å². The SMILES string of the molecule is Cc1cc(OC(C)C)cc(C)c1C(=O)N[C@@H](CNc1nc(-c2ccccc2)co1)C(=O)O.Cc1cc(OC(C)C)cc(C)c1C(=O)N[C@@H](CNc1ncc(-c2ccccc2)[nH]1)C(=O)O.O=C(N[C@@H](CNc1nc(-c2ccccc2)co1)C(=O)O)c1c(Cl)cccc1Cl.O=C(N[C@@H](CNc1nc(-c2ccccc2)co1)C(=O)O)c1c(Cl)cncc1Cl.O=C(N[C@@H](CNc1ncc(-c2ccccc2)[nH]1)C(=O)O)c1c(Cl)cncc1Cl. The van der Waals surface area contributed by atoms with Gasteiger partial charge >= 0.3 is 29.8 Å². The summed E-state index contributed by atoms with van der Waals surface area (Å²) in [4.78, 5) is 156. The molecule has 0 saturated heterocycles. The zero-order valence-corrected chi connectivity index (χ0v) is 84.5. The molecule has 7 heterocycles. The predicted molar refractivity (Wildman–Crippen MR) is 559 cm³/mol. The van der Waals surface area contributed by atoms with Crippen LogP contribution in [-0.4, -0.2) is 205 Å². The fraction of sp³-hybridized carbons (Fsp3) is 0.194. The summed E-state index contributed by atoms with van der Waals surface area (Å²) >= 11 is 35.7. The Balaban J connectivity index is 0.000000176. The third-order valence-corrected chi connectivity index (χ3v) is 22.7. The summed E-state index contributed by atoms with van der Waals surface area (Å²) in [7, 11) is 0. The van der Waals surface area contributed by atoms with Crippen LogP contribution in [0.3, 0.4) is 0 Å². The van der Waals surface area contributed by atoms with Gasteiger partial charge in [-0.3, -0.25) is 33.9 Å². The smallest absolute Gasteiger partial charge is 0.328 e. The molecule has 0 radical (unpaired) electrons. The molecule has 0 fully saturated rings. The molecule has 0 saturated carbocycles. The van der Waals surface area contributed by atoms with Gasteiger partial charge in [0.1, 0.15) is 77.6 Å². The van der Waals surface area contributed by atoms with E-state index in [0.717, 1.165) is 39.2 Å². The number of hydrogen-bond acceptors (Lipinski definition) is 27. The largest absolute Gasteiger partial charge is 0.491 e. The number of oxazole rings is 3. The summed E-state index contributed by atoms with van der Waals surface area (Å²) < 4.78 is 27.4. The lowest BCUT2D eigenvalue weighted by Gasteiger charge is -2.18. The van der Waals surface area contributed by atoms with Crippen molar-refractivity contribution in [2.75, 3.05) is 59.3 Å². The molecule has 0 bridgehead atoms. The number of rotatable bonds is 39. The molecule has 8 aromatic carbocycles. The van der Waals surface area contributed by atoms with E-state index in [-0.39, 0.29) is 110 Å². The maximum atomic E-state index is 12.9. The lowest BCUT2D eigenvalue weighted by molar-refractivity contribution is -0.139. The highest BCUT2D eigenvalue weighted by Gasteiger charge is 2.31. The molecule has 0 aliphatic carbocycles. The molecular weight excluding hydrogens is 2040 g/mol. The van der Waals surface area contributed by atoms with Gasteiger partial charge in [-0.25, -0.2) is 33.9 Å². The predicted octanol–water partition coefficient (Wildman–Crippen LogP) is 18.2. The Kier molecular flexibility index (Phi) is 40.8. The van der Waals surface area contributed by atoms with Crippen molar-refractivity contribution in [1.82, 2.24) is 71.4 Å². The van der Waals surface area contributed by atoms with Gasteiger partial charge in [0.2, 0.25) is 11.9 Å². The molecule has 5 atom stereocenters. The number of amides is 5. The van der Waals surface area contributed by atoms with E-state index in [0.29, 0.717) is 73.9 Å². The first-order chi connectivity index (χ1) is 70.8. The number of imidazole rings is 2. The molecule has 15 aromatic rings. The van der Waals surface area contributed by atoms with Crippen LogP contribution in [-0.2, 0) is 24.0 Å². The highest BCUT2D eigenvalue weighted by Crippen LogP contribution is 2.32. The van der Waals surface area contributed by atoms with Gasteiger partial charge in [-0.1, -0.05) is 227 Å². The van der Waals surface area contributed by atoms with Crippen LogP contribution >= 0.6 is 69.6 Å². The number of halogens is 6. The van der Waals surface area contributed by atoms with Gasteiger partial charge < -0.3 is 111 Å². The second-order valence-electron chi connectivity index (χ2n) is 32.7. The molecule has 7 aromatic heterocycles. The van der Waals surface area contributed by atoms with Crippen molar-refractivity contribution in [3.05, 3.63) is 330 Å². The van der Waals surface area contributed by atoms with E-state index < -0.39 is 89.6 Å². The molecule has 148 heavy (non-hydrogen) atoms. The van der Waals surface area contributed by atoms with Gasteiger partial charge in [0.25, 0.3) is 47.6 Å². The zero-order valence-electron chi connectivity index (χ0n) is 80.0. The molecule has 15 rings (SSSR count). The fourth-order valence-electron chi connectivity index (χ4n) is 14.0. The zero-order chi connectivity index (χ0) is 107. The van der Waals surface area contributed by atoms with Crippen LogP contribution < -0.4 is 62.6 Å². The number of carboxylic acids is 5. The van der Waals surface area contributed by atoms with Gasteiger partial charge in [-0.05, 0) is 125 Å². The van der Waals surface area contributed by atoms with Gasteiger partial charge in [-0.2, -0.15) is 15.0 Å². The van der Waals surface area contributed by atoms with Gasteiger partial charge in [0.05, 0.1) is 102 Å². The molecule has 0 aliphatic heterocycles. The number of ether oxygens (including phenoxy) is 2. The molecule has 17 N–H and O–H groups in total. The quantitative estimate of drug-likeness (QED) is 0.0170. The van der Waals surface area contributed by atoms with Crippen molar-refractivity contribution in [1.29, 1.82) is 0 Å². The normalized spacial score (nSPS) is 11.7. The first-order valence-electron chi connectivity index (χ1n) is 45.0. The molecule has 39 nitrogen and oxygen atoms in total. The van der Waals surface area contributed by atoms with Gasteiger partial charge in [0, 0.05) is 65.7 Å². The topological polar surface area (TPSA) is 572 Å². The van der Waals surface area contributed by atoms with E-state index in [1.807, 2.05) is 179 Å². The Labute approximate surface area is 876 Å². The lowest BCUT2D eigenvalue weighted by Crippen LogP contribution is -2.45. The number of carbonyl (C=O) groups excluding carboxylic acids is 5. The van der Waals surface area contributed by atoms with E-state index in [2.05, 4.69) is 98.0 Å². The molecule has 45 heteroatoms. The Morgan fingerprint density at radius 2 is 0.547 bits per heavy atom. The number of hydrogen-bond donors (Lipinski definition) is 17. The van der Waals surface area contributed by atoms with E-state index in [1.165, 1.54) is 55.7 Å². The number of aromatic nitrogens is 9. The monoisotopic (exact) mass is 2130 g/mol. The minimum Gasteiger partial charge on any atom is -0.491 e. The lowest BCUT2D eigenvalue weighted by atomic mass is 10.0. The molecule has 0 spiro atoms.